The first-order valence-corrected chi connectivity index (χ1v) is 8.89. The molecular weight excluding hydrogens is 348 g/mol. The Morgan fingerprint density at radius 3 is 2.30 bits per heavy atom. The maximum Gasteiger partial charge on any atom is 0.335 e. The Hall–Kier alpha value is -3.21. The van der Waals surface area contributed by atoms with E-state index < -0.39 is 35.8 Å². The number of nitriles is 1. The normalized spacial score (nSPS) is 19.1. The lowest BCUT2D eigenvalue weighted by atomic mass is 9.83. The third-order valence-electron chi connectivity index (χ3n) is 4.92. The Balaban J connectivity index is 1.67. The summed E-state index contributed by atoms with van der Waals surface area (Å²) in [7, 11) is 0. The molecular formula is C19H20N4O4. The zero-order chi connectivity index (χ0) is 19.4. The second-order valence-corrected chi connectivity index (χ2v) is 6.85. The Labute approximate surface area is 156 Å². The maximum atomic E-state index is 12.5. The molecule has 1 aromatic carbocycles. The molecule has 140 valence electrons. The molecule has 1 N–H and O–H groups in total. The van der Waals surface area contributed by atoms with Crippen LogP contribution in [0.2, 0.25) is 0 Å². The van der Waals surface area contributed by atoms with Crippen LogP contribution in [0.5, 0.6) is 0 Å². The molecule has 1 saturated heterocycles. The number of nitrogens with zero attached hydrogens (tertiary/aromatic N) is 3. The molecule has 1 heterocycles. The molecule has 0 unspecified atom stereocenters. The van der Waals surface area contributed by atoms with E-state index in [1.807, 2.05) is 0 Å². The van der Waals surface area contributed by atoms with Crippen LogP contribution in [0.25, 0.3) is 0 Å². The minimum atomic E-state index is -1.03. The molecule has 8 nitrogen and oxygen atoms in total. The standard InChI is InChI=1S/C19H20N4O4/c20-13-19(9-5-2-6-10-19)21-15(24)12-23-17(26)16(25)22(18(23)27)11-14-7-3-1-4-8-14/h1,3-4,7-8H,2,5-6,9-12H2,(H,21,24). The van der Waals surface area contributed by atoms with Crippen molar-refractivity contribution in [3.05, 3.63) is 35.9 Å². The molecule has 2 fully saturated rings. The Morgan fingerprint density at radius 2 is 1.67 bits per heavy atom. The van der Waals surface area contributed by atoms with Gasteiger partial charge in [-0.3, -0.25) is 19.3 Å². The first-order chi connectivity index (χ1) is 13.0. The summed E-state index contributed by atoms with van der Waals surface area (Å²) < 4.78 is 0. The summed E-state index contributed by atoms with van der Waals surface area (Å²) in [5.74, 6) is -2.60. The molecule has 8 heteroatoms. The van der Waals surface area contributed by atoms with Gasteiger partial charge in [-0.25, -0.2) is 9.69 Å². The zero-order valence-corrected chi connectivity index (χ0v) is 14.8. The fourth-order valence-electron chi connectivity index (χ4n) is 3.47. The van der Waals surface area contributed by atoms with Crippen molar-refractivity contribution in [2.75, 3.05) is 6.54 Å². The second-order valence-electron chi connectivity index (χ2n) is 6.85. The van der Waals surface area contributed by atoms with Crippen molar-refractivity contribution in [3.8, 4) is 6.07 Å². The third kappa shape index (κ3) is 3.82. The zero-order valence-electron chi connectivity index (χ0n) is 14.8. The third-order valence-corrected chi connectivity index (χ3v) is 4.92. The maximum absolute atomic E-state index is 12.5. The van der Waals surface area contributed by atoms with E-state index in [1.54, 1.807) is 30.3 Å². The number of urea groups is 1. The molecule has 1 aliphatic heterocycles. The Morgan fingerprint density at radius 1 is 1.04 bits per heavy atom. The van der Waals surface area contributed by atoms with Crippen LogP contribution in [-0.2, 0) is 20.9 Å². The number of benzene rings is 1. The van der Waals surface area contributed by atoms with Crippen molar-refractivity contribution in [3.63, 3.8) is 0 Å². The topological polar surface area (TPSA) is 111 Å². The summed E-state index contributed by atoms with van der Waals surface area (Å²) in [5, 5.41) is 12.1. The number of carbonyl (C=O) groups excluding carboxylic acids is 4. The van der Waals surface area contributed by atoms with Crippen LogP contribution in [0.4, 0.5) is 4.79 Å². The number of hydrogen-bond acceptors (Lipinski definition) is 5. The fraction of sp³-hybridized carbons (Fsp3) is 0.421. The van der Waals surface area contributed by atoms with Gasteiger partial charge in [0.25, 0.3) is 0 Å². The predicted octanol–water partition coefficient (Wildman–Crippen LogP) is 1.32. The molecule has 27 heavy (non-hydrogen) atoms. The van der Waals surface area contributed by atoms with E-state index >= 15 is 0 Å². The average Bonchev–Trinajstić information content (AvgIpc) is 2.87. The van der Waals surface area contributed by atoms with Gasteiger partial charge >= 0.3 is 17.8 Å². The lowest BCUT2D eigenvalue weighted by Crippen LogP contribution is -2.52. The van der Waals surface area contributed by atoms with Gasteiger partial charge < -0.3 is 5.32 Å². The van der Waals surface area contributed by atoms with E-state index in [-0.39, 0.29) is 6.54 Å². The van der Waals surface area contributed by atoms with Crippen LogP contribution in [-0.4, -0.2) is 45.6 Å². The van der Waals surface area contributed by atoms with Crippen LogP contribution >= 0.6 is 0 Å². The number of nitrogens with one attached hydrogen (secondary N) is 1. The van der Waals surface area contributed by atoms with Gasteiger partial charge in [0.15, 0.2) is 0 Å². The largest absolute Gasteiger partial charge is 0.336 e. The van der Waals surface area contributed by atoms with Crippen LogP contribution in [0.15, 0.2) is 30.3 Å². The van der Waals surface area contributed by atoms with Crippen LogP contribution in [0.1, 0.15) is 37.7 Å². The minimum Gasteiger partial charge on any atom is -0.336 e. The molecule has 2 aliphatic rings. The summed E-state index contributed by atoms with van der Waals surface area (Å²) in [6, 6.07) is 10.1. The summed E-state index contributed by atoms with van der Waals surface area (Å²) >= 11 is 0. The van der Waals surface area contributed by atoms with Crippen LogP contribution < -0.4 is 5.32 Å². The fourth-order valence-corrected chi connectivity index (χ4v) is 3.47. The van der Waals surface area contributed by atoms with Crippen LogP contribution in [0, 0.1) is 11.3 Å². The monoisotopic (exact) mass is 368 g/mol. The van der Waals surface area contributed by atoms with Gasteiger partial charge in [-0.2, -0.15) is 5.26 Å². The molecule has 1 saturated carbocycles. The SMILES string of the molecule is N#CC1(NC(=O)CN2C(=O)C(=O)N(Cc3ccccc3)C2=O)CCCCC1. The lowest BCUT2D eigenvalue weighted by Gasteiger charge is -2.31. The van der Waals surface area contributed by atoms with Gasteiger partial charge in [0.1, 0.15) is 12.1 Å². The number of amides is 5. The molecule has 0 atom stereocenters. The molecule has 1 aliphatic carbocycles. The first kappa shape index (κ1) is 18.6. The highest BCUT2D eigenvalue weighted by Gasteiger charge is 2.45. The summed E-state index contributed by atoms with van der Waals surface area (Å²) in [6.45, 7) is -0.609. The van der Waals surface area contributed by atoms with Gasteiger partial charge in [-0.05, 0) is 18.4 Å². The van der Waals surface area contributed by atoms with Crippen molar-refractivity contribution in [2.45, 2.75) is 44.2 Å². The van der Waals surface area contributed by atoms with Gasteiger partial charge in [0, 0.05) is 0 Å². The van der Waals surface area contributed by atoms with Gasteiger partial charge in [-0.15, -0.1) is 0 Å². The van der Waals surface area contributed by atoms with E-state index in [4.69, 9.17) is 0 Å². The van der Waals surface area contributed by atoms with E-state index in [0.717, 1.165) is 24.2 Å². The Kier molecular flexibility index (Phi) is 5.21. The quantitative estimate of drug-likeness (QED) is 0.622. The molecule has 0 radical (unpaired) electrons. The van der Waals surface area contributed by atoms with Gasteiger partial charge in [-0.1, -0.05) is 49.6 Å². The predicted molar refractivity (Wildman–Crippen MR) is 93.7 cm³/mol. The smallest absolute Gasteiger partial charge is 0.335 e. The minimum absolute atomic E-state index is 0.0372. The van der Waals surface area contributed by atoms with E-state index in [1.165, 1.54) is 0 Å². The Bertz CT molecular complexity index is 809. The molecule has 5 amide bonds. The van der Waals surface area contributed by atoms with Crippen LogP contribution in [0.3, 0.4) is 0 Å². The van der Waals surface area contributed by atoms with E-state index in [9.17, 15) is 24.4 Å². The average molecular weight is 368 g/mol. The first-order valence-electron chi connectivity index (χ1n) is 8.89. The highest BCUT2D eigenvalue weighted by molar-refractivity contribution is 6.44. The highest BCUT2D eigenvalue weighted by atomic mass is 16.2. The van der Waals surface area contributed by atoms with Crippen molar-refractivity contribution in [2.24, 2.45) is 0 Å². The highest BCUT2D eigenvalue weighted by Crippen LogP contribution is 2.27. The summed E-state index contributed by atoms with van der Waals surface area (Å²) in [4.78, 5) is 50.6. The van der Waals surface area contributed by atoms with E-state index in [0.29, 0.717) is 23.3 Å². The van der Waals surface area contributed by atoms with Crippen molar-refractivity contribution in [1.82, 2.24) is 15.1 Å². The number of carbonyl (C=O) groups is 4. The molecule has 1 aromatic rings. The van der Waals surface area contributed by atoms with Crippen molar-refractivity contribution < 1.29 is 19.2 Å². The second kappa shape index (κ2) is 7.58. The number of imide groups is 2. The molecule has 0 aromatic heterocycles. The molecule has 0 bridgehead atoms. The van der Waals surface area contributed by atoms with Crippen molar-refractivity contribution in [1.29, 1.82) is 5.26 Å². The van der Waals surface area contributed by atoms with Gasteiger partial charge in [0.2, 0.25) is 5.91 Å². The molecule has 3 rings (SSSR count). The number of rotatable bonds is 5. The summed E-state index contributed by atoms with van der Waals surface area (Å²) in [5.41, 5.74) is -0.265. The van der Waals surface area contributed by atoms with E-state index in [2.05, 4.69) is 11.4 Å². The molecule has 0 spiro atoms. The number of hydrogen-bond donors (Lipinski definition) is 1. The summed E-state index contributed by atoms with van der Waals surface area (Å²) in [6.07, 6.45) is 3.75. The van der Waals surface area contributed by atoms with Crippen molar-refractivity contribution >= 4 is 23.8 Å². The lowest BCUT2D eigenvalue weighted by molar-refractivity contribution is -0.144. The van der Waals surface area contributed by atoms with Gasteiger partial charge in [0.05, 0.1) is 12.6 Å².